The van der Waals surface area contributed by atoms with Crippen LogP contribution in [0.15, 0.2) is 45.6 Å². The molecule has 0 fully saturated rings. The first-order valence-electron chi connectivity index (χ1n) is 8.89. The number of rotatable bonds is 3. The number of ether oxygens (including phenoxy) is 1. The van der Waals surface area contributed by atoms with Crippen molar-refractivity contribution in [2.24, 2.45) is 0 Å². The fourth-order valence-corrected chi connectivity index (χ4v) is 2.83. The van der Waals surface area contributed by atoms with Crippen molar-refractivity contribution in [3.63, 3.8) is 0 Å². The van der Waals surface area contributed by atoms with E-state index in [9.17, 15) is 18.4 Å². The zero-order chi connectivity index (χ0) is 20.6. The Morgan fingerprint density at radius 1 is 1.11 bits per heavy atom. The van der Waals surface area contributed by atoms with Crippen LogP contribution in [0.5, 0.6) is 0 Å². The Labute approximate surface area is 160 Å². The third-order valence-corrected chi connectivity index (χ3v) is 4.14. The highest BCUT2D eigenvalue weighted by Crippen LogP contribution is 2.30. The summed E-state index contributed by atoms with van der Waals surface area (Å²) in [6.07, 6.45) is 0.692. The van der Waals surface area contributed by atoms with Crippen molar-refractivity contribution in [3.8, 4) is 11.3 Å². The molecule has 2 aromatic carbocycles. The second-order valence-corrected chi connectivity index (χ2v) is 7.45. The van der Waals surface area contributed by atoms with Gasteiger partial charge in [-0.3, -0.25) is 4.79 Å². The van der Waals surface area contributed by atoms with Crippen LogP contribution in [0.3, 0.4) is 0 Å². The van der Waals surface area contributed by atoms with E-state index in [4.69, 9.17) is 9.15 Å². The SMILES string of the molecule is CCc1ccc2c(=O)c(C(=O)OC(C)(C)C)c(-c3cc(F)ccc3F)oc2c1. The van der Waals surface area contributed by atoms with Crippen LogP contribution in [0.4, 0.5) is 8.78 Å². The highest BCUT2D eigenvalue weighted by atomic mass is 19.1. The van der Waals surface area contributed by atoms with Crippen LogP contribution in [0.1, 0.15) is 43.6 Å². The second kappa shape index (κ2) is 7.19. The predicted molar refractivity (Wildman–Crippen MR) is 102 cm³/mol. The molecule has 0 bridgehead atoms. The molecule has 6 heteroatoms. The van der Waals surface area contributed by atoms with Crippen molar-refractivity contribution in [1.82, 2.24) is 0 Å². The van der Waals surface area contributed by atoms with Crippen molar-refractivity contribution in [2.75, 3.05) is 0 Å². The van der Waals surface area contributed by atoms with Gasteiger partial charge in [0.05, 0.1) is 10.9 Å². The predicted octanol–water partition coefficient (Wildman–Crippen LogP) is 5.26. The molecule has 3 aromatic rings. The van der Waals surface area contributed by atoms with Gasteiger partial charge in [0.15, 0.2) is 11.3 Å². The molecule has 0 saturated carbocycles. The van der Waals surface area contributed by atoms with Crippen LogP contribution in [0.25, 0.3) is 22.3 Å². The molecule has 0 N–H and O–H groups in total. The van der Waals surface area contributed by atoms with Gasteiger partial charge in [-0.1, -0.05) is 13.0 Å². The molecule has 0 atom stereocenters. The number of fused-ring (bicyclic) bond motifs is 1. The number of hydrogen-bond acceptors (Lipinski definition) is 4. The summed E-state index contributed by atoms with van der Waals surface area (Å²) >= 11 is 0. The molecule has 146 valence electrons. The van der Waals surface area contributed by atoms with E-state index in [1.165, 1.54) is 0 Å². The Bertz CT molecular complexity index is 1120. The molecule has 0 amide bonds. The van der Waals surface area contributed by atoms with E-state index in [2.05, 4.69) is 0 Å². The maximum Gasteiger partial charge on any atom is 0.346 e. The highest BCUT2D eigenvalue weighted by Gasteiger charge is 2.28. The van der Waals surface area contributed by atoms with E-state index in [0.29, 0.717) is 6.42 Å². The van der Waals surface area contributed by atoms with Gasteiger partial charge in [0.1, 0.15) is 22.8 Å². The Morgan fingerprint density at radius 3 is 2.46 bits per heavy atom. The number of esters is 1. The average Bonchev–Trinajstić information content (AvgIpc) is 2.61. The van der Waals surface area contributed by atoms with Gasteiger partial charge in [-0.25, -0.2) is 13.6 Å². The molecule has 0 unspecified atom stereocenters. The molecule has 0 radical (unpaired) electrons. The molecule has 0 aliphatic rings. The summed E-state index contributed by atoms with van der Waals surface area (Å²) in [4.78, 5) is 25.8. The van der Waals surface area contributed by atoms with E-state index in [1.807, 2.05) is 6.92 Å². The van der Waals surface area contributed by atoms with Gasteiger partial charge in [0.25, 0.3) is 0 Å². The zero-order valence-electron chi connectivity index (χ0n) is 16.1. The number of carbonyl (C=O) groups excluding carboxylic acids is 1. The normalized spacial score (nSPS) is 11.6. The average molecular weight is 386 g/mol. The second-order valence-electron chi connectivity index (χ2n) is 7.45. The van der Waals surface area contributed by atoms with Crippen molar-refractivity contribution < 1.29 is 22.7 Å². The lowest BCUT2D eigenvalue weighted by Gasteiger charge is -2.20. The van der Waals surface area contributed by atoms with Crippen LogP contribution < -0.4 is 5.43 Å². The fourth-order valence-electron chi connectivity index (χ4n) is 2.83. The summed E-state index contributed by atoms with van der Waals surface area (Å²) in [5.41, 5.74) is -1.24. The minimum atomic E-state index is -0.957. The smallest absolute Gasteiger partial charge is 0.346 e. The Morgan fingerprint density at radius 2 is 1.82 bits per heavy atom. The topological polar surface area (TPSA) is 56.5 Å². The number of halogens is 2. The highest BCUT2D eigenvalue weighted by molar-refractivity contribution is 5.99. The van der Waals surface area contributed by atoms with Crippen molar-refractivity contribution >= 4 is 16.9 Å². The van der Waals surface area contributed by atoms with E-state index < -0.39 is 34.2 Å². The lowest BCUT2D eigenvalue weighted by molar-refractivity contribution is 0.00674. The number of hydrogen-bond donors (Lipinski definition) is 0. The first-order chi connectivity index (χ1) is 13.1. The quantitative estimate of drug-likeness (QED) is 0.577. The summed E-state index contributed by atoms with van der Waals surface area (Å²) in [7, 11) is 0. The van der Waals surface area contributed by atoms with Crippen LogP contribution >= 0.6 is 0 Å². The first kappa shape index (κ1) is 19.7. The van der Waals surface area contributed by atoms with Crippen molar-refractivity contribution in [2.45, 2.75) is 39.7 Å². The monoisotopic (exact) mass is 386 g/mol. The van der Waals surface area contributed by atoms with E-state index in [-0.39, 0.29) is 22.3 Å². The number of aryl methyl sites for hydroxylation is 1. The third-order valence-electron chi connectivity index (χ3n) is 4.14. The molecule has 4 nitrogen and oxygen atoms in total. The molecule has 0 aliphatic heterocycles. The molecule has 0 spiro atoms. The van der Waals surface area contributed by atoms with E-state index in [1.54, 1.807) is 39.0 Å². The van der Waals surface area contributed by atoms with Crippen LogP contribution in [0.2, 0.25) is 0 Å². The first-order valence-corrected chi connectivity index (χ1v) is 8.89. The van der Waals surface area contributed by atoms with Gasteiger partial charge in [-0.15, -0.1) is 0 Å². The van der Waals surface area contributed by atoms with Gasteiger partial charge in [0.2, 0.25) is 5.43 Å². The Hall–Kier alpha value is -3.02. The summed E-state index contributed by atoms with van der Waals surface area (Å²) in [5, 5.41) is 0.165. The minimum absolute atomic E-state index is 0.165. The van der Waals surface area contributed by atoms with Gasteiger partial charge in [-0.2, -0.15) is 0 Å². The summed E-state index contributed by atoms with van der Waals surface area (Å²) in [6.45, 7) is 6.86. The zero-order valence-corrected chi connectivity index (χ0v) is 16.1. The lowest BCUT2D eigenvalue weighted by atomic mass is 10.0. The molecule has 3 rings (SSSR count). The standard InChI is InChI=1S/C22H20F2O4/c1-5-12-6-8-14-17(10-12)27-20(15-11-13(23)7-9-16(15)24)18(19(14)25)21(26)28-22(2,3)4/h6-11H,5H2,1-4H3. The Balaban J connectivity index is 2.38. The third kappa shape index (κ3) is 3.81. The molecule has 0 aliphatic carbocycles. The lowest BCUT2D eigenvalue weighted by Crippen LogP contribution is -2.28. The van der Waals surface area contributed by atoms with E-state index in [0.717, 1.165) is 23.8 Å². The number of benzene rings is 2. The molecular formula is C22H20F2O4. The minimum Gasteiger partial charge on any atom is -0.456 e. The summed E-state index contributed by atoms with van der Waals surface area (Å²) in [6, 6.07) is 7.70. The maximum atomic E-state index is 14.4. The van der Waals surface area contributed by atoms with Crippen molar-refractivity contribution in [3.05, 3.63) is 69.4 Å². The maximum absolute atomic E-state index is 14.4. The summed E-state index contributed by atoms with van der Waals surface area (Å²) in [5.74, 6) is -2.85. The Kier molecular flexibility index (Phi) is 5.06. The van der Waals surface area contributed by atoms with Gasteiger partial charge >= 0.3 is 5.97 Å². The van der Waals surface area contributed by atoms with Crippen LogP contribution in [0, 0.1) is 11.6 Å². The molecular weight excluding hydrogens is 366 g/mol. The molecule has 0 saturated heterocycles. The molecule has 1 heterocycles. The number of carbonyl (C=O) groups is 1. The van der Waals surface area contributed by atoms with Gasteiger partial charge in [-0.05, 0) is 63.1 Å². The molecule has 1 aromatic heterocycles. The van der Waals surface area contributed by atoms with Crippen molar-refractivity contribution in [1.29, 1.82) is 0 Å². The fraction of sp³-hybridized carbons (Fsp3) is 0.273. The van der Waals surface area contributed by atoms with Gasteiger partial charge in [0, 0.05) is 0 Å². The summed E-state index contributed by atoms with van der Waals surface area (Å²) < 4.78 is 39.3. The van der Waals surface area contributed by atoms with Crippen LogP contribution in [-0.2, 0) is 11.2 Å². The van der Waals surface area contributed by atoms with Gasteiger partial charge < -0.3 is 9.15 Å². The van der Waals surface area contributed by atoms with Crippen LogP contribution in [-0.4, -0.2) is 11.6 Å². The largest absolute Gasteiger partial charge is 0.456 e. The van der Waals surface area contributed by atoms with E-state index >= 15 is 0 Å². The molecule has 28 heavy (non-hydrogen) atoms.